The predicted molar refractivity (Wildman–Crippen MR) is 50.3 cm³/mol. The normalized spacial score (nSPS) is 12.9. The van der Waals surface area contributed by atoms with Gasteiger partial charge in [-0.2, -0.15) is 0 Å². The van der Waals surface area contributed by atoms with Crippen molar-refractivity contribution < 1.29 is 5.11 Å². The molecule has 0 heterocycles. The van der Waals surface area contributed by atoms with Gasteiger partial charge in [0.25, 0.3) is 0 Å². The lowest BCUT2D eigenvalue weighted by atomic mass is 9.99. The molecule has 66 valence electrons. The highest BCUT2D eigenvalue weighted by Crippen LogP contribution is 2.25. The topological polar surface area (TPSA) is 46.2 Å². The van der Waals surface area contributed by atoms with Gasteiger partial charge in [0, 0.05) is 0 Å². The quantitative estimate of drug-likeness (QED) is 0.701. The second-order valence-corrected chi connectivity index (χ2v) is 3.20. The molecule has 0 fully saturated rings. The first-order valence-corrected chi connectivity index (χ1v) is 4.14. The van der Waals surface area contributed by atoms with Gasteiger partial charge in [0.05, 0.1) is 0 Å². The fraction of sp³-hybridized carbons (Fsp3) is 0.400. The van der Waals surface area contributed by atoms with E-state index in [1.165, 1.54) is 0 Å². The monoisotopic (exact) mass is 165 g/mol. The Kier molecular flexibility index (Phi) is 2.71. The number of phenols is 1. The zero-order valence-corrected chi connectivity index (χ0v) is 7.54. The van der Waals surface area contributed by atoms with Crippen molar-refractivity contribution >= 4 is 0 Å². The van der Waals surface area contributed by atoms with Crippen molar-refractivity contribution in [2.45, 2.75) is 19.8 Å². The fourth-order valence-electron chi connectivity index (χ4n) is 1.20. The van der Waals surface area contributed by atoms with Crippen LogP contribution in [0.15, 0.2) is 18.2 Å². The number of hydrogen-bond acceptors (Lipinski definition) is 2. The van der Waals surface area contributed by atoms with E-state index in [4.69, 9.17) is 5.73 Å². The van der Waals surface area contributed by atoms with Crippen molar-refractivity contribution in [2.24, 2.45) is 5.73 Å². The number of aromatic hydroxyl groups is 1. The lowest BCUT2D eigenvalue weighted by Gasteiger charge is -2.10. The highest BCUT2D eigenvalue weighted by atomic mass is 16.3. The first-order valence-electron chi connectivity index (χ1n) is 4.14. The molecular formula is C10H15NO. The molecule has 0 bridgehead atoms. The lowest BCUT2D eigenvalue weighted by molar-refractivity contribution is 0.463. The number of aryl methyl sites for hydroxylation is 1. The molecule has 0 aliphatic rings. The maximum Gasteiger partial charge on any atom is 0.119 e. The van der Waals surface area contributed by atoms with Gasteiger partial charge in [0.15, 0.2) is 0 Å². The minimum Gasteiger partial charge on any atom is -0.508 e. The number of rotatable bonds is 2. The molecule has 0 amide bonds. The van der Waals surface area contributed by atoms with Crippen LogP contribution in [0.1, 0.15) is 24.0 Å². The summed E-state index contributed by atoms with van der Waals surface area (Å²) in [6.45, 7) is 4.53. The molecule has 0 radical (unpaired) electrons. The summed E-state index contributed by atoms with van der Waals surface area (Å²) in [5, 5.41) is 9.54. The van der Waals surface area contributed by atoms with Crippen molar-refractivity contribution in [1.29, 1.82) is 0 Å². The van der Waals surface area contributed by atoms with Gasteiger partial charge in [-0.25, -0.2) is 0 Å². The third kappa shape index (κ3) is 1.77. The average molecular weight is 165 g/mol. The highest BCUT2D eigenvalue weighted by molar-refractivity contribution is 5.38. The predicted octanol–water partition coefficient (Wildman–Crippen LogP) is 1.76. The van der Waals surface area contributed by atoms with E-state index in [-0.39, 0.29) is 5.92 Å². The summed E-state index contributed by atoms with van der Waals surface area (Å²) < 4.78 is 0. The van der Waals surface area contributed by atoms with Gasteiger partial charge < -0.3 is 10.8 Å². The zero-order valence-electron chi connectivity index (χ0n) is 7.54. The minimum atomic E-state index is 0.227. The molecule has 0 aliphatic carbocycles. The number of hydrogen-bond donors (Lipinski definition) is 2. The van der Waals surface area contributed by atoms with Crippen LogP contribution in [0.5, 0.6) is 5.75 Å². The van der Waals surface area contributed by atoms with Crippen molar-refractivity contribution in [2.75, 3.05) is 6.54 Å². The smallest absolute Gasteiger partial charge is 0.119 e. The Labute approximate surface area is 73.0 Å². The van der Waals surface area contributed by atoms with E-state index in [9.17, 15) is 5.11 Å². The molecule has 3 N–H and O–H groups in total. The largest absolute Gasteiger partial charge is 0.508 e. The van der Waals surface area contributed by atoms with E-state index in [0.717, 1.165) is 11.1 Å². The Morgan fingerprint density at radius 3 is 2.67 bits per heavy atom. The second-order valence-electron chi connectivity index (χ2n) is 3.20. The van der Waals surface area contributed by atoms with E-state index in [1.807, 2.05) is 26.0 Å². The standard InChI is InChI=1S/C10H15NO/c1-7-3-4-9(8(2)6-11)10(12)5-7/h3-5,8,12H,6,11H2,1-2H3. The van der Waals surface area contributed by atoms with Gasteiger partial charge in [-0.15, -0.1) is 0 Å². The van der Waals surface area contributed by atoms with Gasteiger partial charge >= 0.3 is 0 Å². The summed E-state index contributed by atoms with van der Waals surface area (Å²) in [6.07, 6.45) is 0. The van der Waals surface area contributed by atoms with E-state index in [2.05, 4.69) is 0 Å². The molecule has 2 nitrogen and oxygen atoms in total. The van der Waals surface area contributed by atoms with E-state index >= 15 is 0 Å². The average Bonchev–Trinajstić information content (AvgIpc) is 2.03. The molecule has 1 aromatic carbocycles. The van der Waals surface area contributed by atoms with Crippen molar-refractivity contribution in [1.82, 2.24) is 0 Å². The molecule has 0 saturated heterocycles. The van der Waals surface area contributed by atoms with Crippen molar-refractivity contribution in [3.8, 4) is 5.75 Å². The van der Waals surface area contributed by atoms with Gasteiger partial charge in [0.2, 0.25) is 0 Å². The van der Waals surface area contributed by atoms with Crippen LogP contribution in [0.2, 0.25) is 0 Å². The van der Waals surface area contributed by atoms with Crippen LogP contribution >= 0.6 is 0 Å². The summed E-state index contributed by atoms with van der Waals surface area (Å²) in [5.41, 5.74) is 7.50. The van der Waals surface area contributed by atoms with E-state index < -0.39 is 0 Å². The van der Waals surface area contributed by atoms with E-state index in [1.54, 1.807) is 6.07 Å². The van der Waals surface area contributed by atoms with Crippen LogP contribution in [0.25, 0.3) is 0 Å². The maximum atomic E-state index is 9.54. The molecule has 0 aromatic heterocycles. The van der Waals surface area contributed by atoms with Crippen molar-refractivity contribution in [3.05, 3.63) is 29.3 Å². The van der Waals surface area contributed by atoms with Crippen LogP contribution in [0.3, 0.4) is 0 Å². The SMILES string of the molecule is Cc1ccc(C(C)CN)c(O)c1. The maximum absolute atomic E-state index is 9.54. The number of nitrogens with two attached hydrogens (primary N) is 1. The molecular weight excluding hydrogens is 150 g/mol. The summed E-state index contributed by atoms with van der Waals surface area (Å²) in [4.78, 5) is 0. The zero-order chi connectivity index (χ0) is 9.14. The molecule has 1 atom stereocenters. The molecule has 0 saturated carbocycles. The van der Waals surface area contributed by atoms with Crippen LogP contribution in [-0.4, -0.2) is 11.7 Å². The van der Waals surface area contributed by atoms with E-state index in [0.29, 0.717) is 12.3 Å². The van der Waals surface area contributed by atoms with Gasteiger partial charge in [0.1, 0.15) is 5.75 Å². The molecule has 1 rings (SSSR count). The lowest BCUT2D eigenvalue weighted by Crippen LogP contribution is -2.08. The summed E-state index contributed by atoms with van der Waals surface area (Å²) in [5.74, 6) is 0.582. The second kappa shape index (κ2) is 3.59. The summed E-state index contributed by atoms with van der Waals surface area (Å²) >= 11 is 0. The summed E-state index contributed by atoms with van der Waals surface area (Å²) in [7, 11) is 0. The molecule has 2 heteroatoms. The Morgan fingerprint density at radius 2 is 2.17 bits per heavy atom. The molecule has 12 heavy (non-hydrogen) atoms. The minimum absolute atomic E-state index is 0.227. The van der Waals surface area contributed by atoms with Crippen molar-refractivity contribution in [3.63, 3.8) is 0 Å². The number of benzene rings is 1. The third-order valence-electron chi connectivity index (χ3n) is 2.07. The van der Waals surface area contributed by atoms with Gasteiger partial charge in [-0.1, -0.05) is 19.1 Å². The molecule has 0 spiro atoms. The molecule has 0 aliphatic heterocycles. The first kappa shape index (κ1) is 9.07. The van der Waals surface area contributed by atoms with Crippen LogP contribution in [0, 0.1) is 6.92 Å². The highest BCUT2D eigenvalue weighted by Gasteiger charge is 2.07. The third-order valence-corrected chi connectivity index (χ3v) is 2.07. The molecule has 1 unspecified atom stereocenters. The van der Waals surface area contributed by atoms with Gasteiger partial charge in [-0.05, 0) is 36.6 Å². The van der Waals surface area contributed by atoms with Crippen LogP contribution in [0.4, 0.5) is 0 Å². The number of phenolic OH excluding ortho intramolecular Hbond substituents is 1. The fourth-order valence-corrected chi connectivity index (χ4v) is 1.20. The van der Waals surface area contributed by atoms with Gasteiger partial charge in [-0.3, -0.25) is 0 Å². The Morgan fingerprint density at radius 1 is 1.50 bits per heavy atom. The van der Waals surface area contributed by atoms with Crippen LogP contribution in [-0.2, 0) is 0 Å². The Balaban J connectivity index is 3.01. The Hall–Kier alpha value is -1.02. The summed E-state index contributed by atoms with van der Waals surface area (Å²) in [6, 6.07) is 5.69. The Bertz CT molecular complexity index is 271. The van der Waals surface area contributed by atoms with Crippen LogP contribution < -0.4 is 5.73 Å². The molecule has 1 aromatic rings. The first-order chi connectivity index (χ1) is 5.65.